The minimum absolute atomic E-state index is 0.0288. The Labute approximate surface area is 127 Å². The molecule has 2 fully saturated rings. The molecule has 22 heavy (non-hydrogen) atoms. The monoisotopic (exact) mass is 307 g/mol. The van der Waals surface area contributed by atoms with Gasteiger partial charge in [0.05, 0.1) is 5.41 Å². The summed E-state index contributed by atoms with van der Waals surface area (Å²) >= 11 is 0. The standard InChI is InChI=1S/C16H18FNO4/c17-13-6-7-16(14(19)20)10-18(8-12(13)16)15(21)22-9-11-4-2-1-3-5-11/h1-5,12-13H,6-10H2,(H,19,20)/t12-,13+,16+/m0/s1. The van der Waals surface area contributed by atoms with Crippen LogP contribution in [0.4, 0.5) is 9.18 Å². The van der Waals surface area contributed by atoms with E-state index in [4.69, 9.17) is 4.74 Å². The van der Waals surface area contributed by atoms with Crippen LogP contribution in [0.3, 0.4) is 0 Å². The molecule has 1 aliphatic carbocycles. The molecule has 6 heteroatoms. The van der Waals surface area contributed by atoms with Gasteiger partial charge in [-0.15, -0.1) is 0 Å². The molecule has 118 valence electrons. The van der Waals surface area contributed by atoms with Gasteiger partial charge in [-0.05, 0) is 18.4 Å². The van der Waals surface area contributed by atoms with E-state index in [9.17, 15) is 19.1 Å². The second-order valence-electron chi connectivity index (χ2n) is 6.04. The maximum absolute atomic E-state index is 13.9. The van der Waals surface area contributed by atoms with Gasteiger partial charge >= 0.3 is 12.1 Å². The number of ether oxygens (including phenoxy) is 1. The van der Waals surface area contributed by atoms with E-state index >= 15 is 0 Å². The Morgan fingerprint density at radius 3 is 2.73 bits per heavy atom. The third kappa shape index (κ3) is 2.42. The fourth-order valence-corrected chi connectivity index (χ4v) is 3.54. The number of carbonyl (C=O) groups excluding carboxylic acids is 1. The van der Waals surface area contributed by atoms with Gasteiger partial charge in [-0.1, -0.05) is 30.3 Å². The van der Waals surface area contributed by atoms with E-state index in [2.05, 4.69) is 0 Å². The number of hydrogen-bond acceptors (Lipinski definition) is 3. The number of rotatable bonds is 3. The van der Waals surface area contributed by atoms with Crippen molar-refractivity contribution in [3.05, 3.63) is 35.9 Å². The Balaban J connectivity index is 1.64. The molecule has 1 saturated heterocycles. The van der Waals surface area contributed by atoms with Gasteiger partial charge in [-0.3, -0.25) is 4.79 Å². The molecule has 1 N–H and O–H groups in total. The van der Waals surface area contributed by atoms with Gasteiger partial charge in [0, 0.05) is 19.0 Å². The summed E-state index contributed by atoms with van der Waals surface area (Å²) in [5.74, 6) is -1.65. The Kier molecular flexibility index (Phi) is 3.76. The first-order valence-electron chi connectivity index (χ1n) is 7.36. The van der Waals surface area contributed by atoms with E-state index in [0.29, 0.717) is 0 Å². The van der Waals surface area contributed by atoms with Gasteiger partial charge < -0.3 is 14.7 Å². The molecular weight excluding hydrogens is 289 g/mol. The lowest BCUT2D eigenvalue weighted by atomic mass is 9.80. The number of carbonyl (C=O) groups is 2. The normalized spacial score (nSPS) is 30.1. The van der Waals surface area contributed by atoms with Crippen LogP contribution in [-0.4, -0.2) is 41.3 Å². The van der Waals surface area contributed by atoms with Crippen LogP contribution in [0.25, 0.3) is 0 Å². The van der Waals surface area contributed by atoms with Crippen LogP contribution >= 0.6 is 0 Å². The second kappa shape index (κ2) is 5.59. The number of aliphatic carboxylic acids is 1. The molecule has 1 amide bonds. The number of benzene rings is 1. The van der Waals surface area contributed by atoms with Gasteiger partial charge in [0.2, 0.25) is 0 Å². The zero-order valence-corrected chi connectivity index (χ0v) is 12.1. The highest BCUT2D eigenvalue weighted by molar-refractivity contribution is 5.79. The fraction of sp³-hybridized carbons (Fsp3) is 0.500. The average molecular weight is 307 g/mol. The lowest BCUT2D eigenvalue weighted by molar-refractivity contribution is -0.149. The third-order valence-corrected chi connectivity index (χ3v) is 4.79. The van der Waals surface area contributed by atoms with Crippen LogP contribution in [-0.2, 0) is 16.1 Å². The first kappa shape index (κ1) is 14.8. The van der Waals surface area contributed by atoms with E-state index < -0.39 is 29.6 Å². The van der Waals surface area contributed by atoms with Crippen molar-refractivity contribution < 1.29 is 23.8 Å². The smallest absolute Gasteiger partial charge is 0.410 e. The number of nitrogens with zero attached hydrogens (tertiary/aromatic N) is 1. The molecule has 0 bridgehead atoms. The minimum Gasteiger partial charge on any atom is -0.481 e. The predicted molar refractivity (Wildman–Crippen MR) is 75.9 cm³/mol. The molecule has 0 spiro atoms. The van der Waals surface area contributed by atoms with Gasteiger partial charge in [0.15, 0.2) is 0 Å². The van der Waals surface area contributed by atoms with E-state index in [-0.39, 0.29) is 32.5 Å². The summed E-state index contributed by atoms with van der Waals surface area (Å²) in [4.78, 5) is 25.0. The molecule has 2 aliphatic rings. The zero-order chi connectivity index (χ0) is 15.7. The molecule has 1 saturated carbocycles. The van der Waals surface area contributed by atoms with Gasteiger partial charge in [0.1, 0.15) is 12.8 Å². The minimum atomic E-state index is -1.16. The maximum atomic E-state index is 13.9. The van der Waals surface area contributed by atoms with Crippen LogP contribution < -0.4 is 0 Å². The summed E-state index contributed by atoms with van der Waals surface area (Å²) in [5, 5.41) is 9.45. The number of hydrogen-bond donors (Lipinski definition) is 1. The van der Waals surface area contributed by atoms with Crippen LogP contribution in [0.5, 0.6) is 0 Å². The van der Waals surface area contributed by atoms with Gasteiger partial charge in [-0.2, -0.15) is 0 Å². The molecule has 1 aromatic carbocycles. The van der Waals surface area contributed by atoms with E-state index in [1.165, 1.54) is 4.90 Å². The largest absolute Gasteiger partial charge is 0.481 e. The van der Waals surface area contributed by atoms with Crippen molar-refractivity contribution in [1.82, 2.24) is 4.90 Å². The van der Waals surface area contributed by atoms with Gasteiger partial charge in [0.25, 0.3) is 0 Å². The third-order valence-electron chi connectivity index (χ3n) is 4.79. The average Bonchev–Trinajstić information content (AvgIpc) is 3.05. The Morgan fingerprint density at radius 2 is 2.09 bits per heavy atom. The summed E-state index contributed by atoms with van der Waals surface area (Å²) in [6.07, 6.45) is -1.21. The van der Waals surface area contributed by atoms with Crippen molar-refractivity contribution in [3.63, 3.8) is 0 Å². The highest BCUT2D eigenvalue weighted by Crippen LogP contribution is 2.50. The number of likely N-dealkylation sites (tertiary alicyclic amines) is 1. The van der Waals surface area contributed by atoms with E-state index in [1.54, 1.807) is 0 Å². The topological polar surface area (TPSA) is 66.8 Å². The summed E-state index contributed by atoms with van der Waals surface area (Å²) < 4.78 is 19.1. The quantitative estimate of drug-likeness (QED) is 0.931. The Bertz CT molecular complexity index is 579. The number of alkyl halides is 1. The summed E-state index contributed by atoms with van der Waals surface area (Å²) in [6.45, 7) is 0.266. The summed E-state index contributed by atoms with van der Waals surface area (Å²) in [7, 11) is 0. The number of halogens is 1. The molecule has 3 rings (SSSR count). The molecule has 0 radical (unpaired) electrons. The fourth-order valence-electron chi connectivity index (χ4n) is 3.54. The first-order chi connectivity index (χ1) is 10.5. The zero-order valence-electron chi connectivity index (χ0n) is 12.1. The molecule has 1 heterocycles. The summed E-state index contributed by atoms with van der Waals surface area (Å²) in [5.41, 5.74) is -0.294. The molecule has 1 aliphatic heterocycles. The number of amides is 1. The van der Waals surface area contributed by atoms with Crippen molar-refractivity contribution in [2.24, 2.45) is 11.3 Å². The summed E-state index contributed by atoms with van der Waals surface area (Å²) in [6, 6.07) is 9.22. The first-order valence-corrected chi connectivity index (χ1v) is 7.36. The lowest BCUT2D eigenvalue weighted by Gasteiger charge is -2.23. The highest BCUT2D eigenvalue weighted by Gasteiger charge is 2.60. The maximum Gasteiger partial charge on any atom is 0.410 e. The van der Waals surface area contributed by atoms with Crippen molar-refractivity contribution in [2.75, 3.05) is 13.1 Å². The number of carboxylic acids is 1. The van der Waals surface area contributed by atoms with E-state index in [0.717, 1.165) is 5.56 Å². The second-order valence-corrected chi connectivity index (χ2v) is 6.04. The number of carboxylic acid groups (broad SMARTS) is 1. The number of fused-ring (bicyclic) bond motifs is 1. The molecule has 5 nitrogen and oxygen atoms in total. The molecule has 3 atom stereocenters. The Morgan fingerprint density at radius 1 is 1.36 bits per heavy atom. The van der Waals surface area contributed by atoms with Crippen LogP contribution in [0.2, 0.25) is 0 Å². The Hall–Kier alpha value is -2.11. The predicted octanol–water partition coefficient (Wildman–Crippen LogP) is 2.46. The van der Waals surface area contributed by atoms with Crippen molar-refractivity contribution >= 4 is 12.1 Å². The SMILES string of the molecule is O=C(OCc1ccccc1)N1C[C@H]2[C@H](F)CC[C@@]2(C(=O)O)C1. The molecular formula is C16H18FNO4. The molecule has 1 aromatic rings. The van der Waals surface area contributed by atoms with Crippen LogP contribution in [0.15, 0.2) is 30.3 Å². The molecule has 0 aromatic heterocycles. The van der Waals surface area contributed by atoms with Crippen molar-refractivity contribution in [2.45, 2.75) is 25.6 Å². The van der Waals surface area contributed by atoms with Crippen molar-refractivity contribution in [1.29, 1.82) is 0 Å². The van der Waals surface area contributed by atoms with E-state index in [1.807, 2.05) is 30.3 Å². The van der Waals surface area contributed by atoms with Gasteiger partial charge in [-0.25, -0.2) is 9.18 Å². The van der Waals surface area contributed by atoms with Crippen molar-refractivity contribution in [3.8, 4) is 0 Å². The van der Waals surface area contributed by atoms with Crippen LogP contribution in [0.1, 0.15) is 18.4 Å². The highest BCUT2D eigenvalue weighted by atomic mass is 19.1. The molecule has 0 unspecified atom stereocenters. The van der Waals surface area contributed by atoms with Crippen LogP contribution in [0, 0.1) is 11.3 Å². The lowest BCUT2D eigenvalue weighted by Crippen LogP contribution is -2.37.